The van der Waals surface area contributed by atoms with Gasteiger partial charge in [0, 0.05) is 38.8 Å². The van der Waals surface area contributed by atoms with Crippen molar-refractivity contribution < 1.29 is 8.42 Å². The third kappa shape index (κ3) is 3.84. The molecule has 0 amide bonds. The molecular formula is C20H27N5O2S. The molecule has 8 heteroatoms. The highest BCUT2D eigenvalue weighted by Crippen LogP contribution is 2.24. The van der Waals surface area contributed by atoms with Crippen molar-refractivity contribution in [1.29, 1.82) is 0 Å². The second-order valence-corrected chi connectivity index (χ2v) is 9.43. The van der Waals surface area contributed by atoms with E-state index in [4.69, 9.17) is 0 Å². The van der Waals surface area contributed by atoms with Crippen LogP contribution in [-0.2, 0) is 10.0 Å². The second-order valence-electron chi connectivity index (χ2n) is 7.49. The van der Waals surface area contributed by atoms with Gasteiger partial charge in [-0.2, -0.15) is 4.31 Å². The normalized spacial score (nSPS) is 21.7. The number of aromatic nitrogens is 2. The molecule has 2 aliphatic heterocycles. The molecule has 28 heavy (non-hydrogen) atoms. The maximum Gasteiger partial charge on any atom is 0.243 e. The summed E-state index contributed by atoms with van der Waals surface area (Å²) in [6.45, 7) is 5.39. The summed E-state index contributed by atoms with van der Waals surface area (Å²) in [5, 5.41) is 8.87. The molecule has 2 aliphatic rings. The lowest BCUT2D eigenvalue weighted by atomic mass is 10.0. The van der Waals surface area contributed by atoms with Gasteiger partial charge in [0.1, 0.15) is 0 Å². The van der Waals surface area contributed by atoms with Gasteiger partial charge >= 0.3 is 0 Å². The van der Waals surface area contributed by atoms with Crippen LogP contribution >= 0.6 is 0 Å². The minimum Gasteiger partial charge on any atom is -0.352 e. The van der Waals surface area contributed by atoms with Crippen LogP contribution in [-0.4, -0.2) is 61.7 Å². The van der Waals surface area contributed by atoms with E-state index in [-0.39, 0.29) is 0 Å². The summed E-state index contributed by atoms with van der Waals surface area (Å²) in [5.41, 5.74) is 0. The molecule has 0 N–H and O–H groups in total. The highest BCUT2D eigenvalue weighted by atomic mass is 32.2. The van der Waals surface area contributed by atoms with E-state index in [1.807, 2.05) is 18.2 Å². The molecule has 0 aliphatic carbocycles. The molecule has 4 rings (SSSR count). The number of rotatable bonds is 4. The number of nitrogens with zero attached hydrogens (tertiary/aromatic N) is 5. The molecule has 0 spiro atoms. The van der Waals surface area contributed by atoms with E-state index < -0.39 is 10.0 Å². The van der Waals surface area contributed by atoms with Gasteiger partial charge in [-0.3, -0.25) is 0 Å². The Hall–Kier alpha value is -2.19. The molecule has 0 saturated carbocycles. The molecule has 3 heterocycles. The molecule has 0 bridgehead atoms. The Morgan fingerprint density at radius 1 is 0.857 bits per heavy atom. The van der Waals surface area contributed by atoms with Crippen molar-refractivity contribution in [2.24, 2.45) is 0 Å². The Labute approximate surface area is 167 Å². The first-order chi connectivity index (χ1) is 13.6. The second kappa shape index (κ2) is 8.05. The quantitative estimate of drug-likeness (QED) is 0.783. The summed E-state index contributed by atoms with van der Waals surface area (Å²) in [7, 11) is -3.43. The first-order valence-corrected chi connectivity index (χ1v) is 11.4. The largest absolute Gasteiger partial charge is 0.352 e. The third-order valence-electron chi connectivity index (χ3n) is 5.68. The molecule has 1 aromatic carbocycles. The van der Waals surface area contributed by atoms with Crippen molar-refractivity contribution in [3.63, 3.8) is 0 Å². The van der Waals surface area contributed by atoms with Crippen molar-refractivity contribution in [2.75, 3.05) is 42.5 Å². The summed E-state index contributed by atoms with van der Waals surface area (Å²) in [4.78, 5) is 4.78. The van der Waals surface area contributed by atoms with Crippen molar-refractivity contribution in [3.05, 3.63) is 42.5 Å². The van der Waals surface area contributed by atoms with Gasteiger partial charge in [0.2, 0.25) is 10.0 Å². The minimum atomic E-state index is -3.43. The van der Waals surface area contributed by atoms with Crippen LogP contribution in [0, 0.1) is 0 Å². The van der Waals surface area contributed by atoms with Crippen LogP contribution in [0.15, 0.2) is 47.4 Å². The molecule has 150 valence electrons. The van der Waals surface area contributed by atoms with Crippen molar-refractivity contribution >= 4 is 21.7 Å². The van der Waals surface area contributed by atoms with Gasteiger partial charge in [-0.05, 0) is 50.5 Å². The lowest BCUT2D eigenvalue weighted by Gasteiger charge is -2.35. The summed E-state index contributed by atoms with van der Waals surface area (Å²) >= 11 is 0. The Bertz CT molecular complexity index is 881. The molecule has 1 aromatic heterocycles. The minimum absolute atomic E-state index is 0.350. The number of piperazine rings is 1. The van der Waals surface area contributed by atoms with Crippen molar-refractivity contribution in [2.45, 2.75) is 37.1 Å². The van der Waals surface area contributed by atoms with Crippen LogP contribution in [0.2, 0.25) is 0 Å². The Kier molecular flexibility index (Phi) is 5.50. The molecule has 7 nitrogen and oxygen atoms in total. The Morgan fingerprint density at radius 3 is 2.18 bits per heavy atom. The number of hydrogen-bond donors (Lipinski definition) is 0. The molecule has 1 unspecified atom stereocenters. The van der Waals surface area contributed by atoms with Crippen molar-refractivity contribution in [3.8, 4) is 0 Å². The van der Waals surface area contributed by atoms with E-state index in [2.05, 4.69) is 26.9 Å². The predicted octanol–water partition coefficient (Wildman–Crippen LogP) is 2.37. The van der Waals surface area contributed by atoms with E-state index >= 15 is 0 Å². The van der Waals surface area contributed by atoms with E-state index in [9.17, 15) is 8.42 Å². The van der Waals surface area contributed by atoms with Crippen LogP contribution in [0.5, 0.6) is 0 Å². The maximum absolute atomic E-state index is 12.8. The van der Waals surface area contributed by atoms with Crippen LogP contribution in [0.25, 0.3) is 0 Å². The van der Waals surface area contributed by atoms with Gasteiger partial charge in [-0.15, -0.1) is 10.2 Å². The Balaban J connectivity index is 1.40. The molecular weight excluding hydrogens is 374 g/mol. The topological polar surface area (TPSA) is 69.6 Å². The SMILES string of the molecule is CC1CCCCN1c1ccc(N2CCN(S(=O)(=O)c3ccccc3)CC2)nn1. The average Bonchev–Trinajstić information content (AvgIpc) is 2.75. The molecule has 2 saturated heterocycles. The third-order valence-corrected chi connectivity index (χ3v) is 7.59. The number of benzene rings is 1. The highest BCUT2D eigenvalue weighted by Gasteiger charge is 2.29. The van der Waals surface area contributed by atoms with Crippen LogP contribution in [0.1, 0.15) is 26.2 Å². The lowest BCUT2D eigenvalue weighted by Crippen LogP contribution is -2.49. The fourth-order valence-corrected chi connectivity index (χ4v) is 5.42. The number of sulfonamides is 1. The van der Waals surface area contributed by atoms with Gasteiger partial charge < -0.3 is 9.80 Å². The number of piperidine rings is 1. The summed E-state index contributed by atoms with van der Waals surface area (Å²) in [6.07, 6.45) is 3.67. The molecule has 0 radical (unpaired) electrons. The predicted molar refractivity (Wildman–Crippen MR) is 110 cm³/mol. The molecule has 2 aromatic rings. The Morgan fingerprint density at radius 2 is 1.54 bits per heavy atom. The first-order valence-electron chi connectivity index (χ1n) is 9.96. The van der Waals surface area contributed by atoms with Gasteiger partial charge in [0.25, 0.3) is 0 Å². The van der Waals surface area contributed by atoms with E-state index in [0.717, 1.165) is 18.2 Å². The standard InChI is InChI=1S/C20H27N5O2S/c1-17-7-5-6-12-25(17)20-11-10-19(21-22-20)23-13-15-24(16-14-23)28(26,27)18-8-3-2-4-9-18/h2-4,8-11,17H,5-7,12-16H2,1H3. The first kappa shape index (κ1) is 19.1. The number of hydrogen-bond acceptors (Lipinski definition) is 6. The fourth-order valence-electron chi connectivity index (χ4n) is 3.98. The van der Waals surface area contributed by atoms with Gasteiger partial charge in [0.05, 0.1) is 4.90 Å². The zero-order chi connectivity index (χ0) is 19.6. The lowest BCUT2D eigenvalue weighted by molar-refractivity contribution is 0.383. The zero-order valence-electron chi connectivity index (χ0n) is 16.2. The van der Waals surface area contributed by atoms with Gasteiger partial charge in [-0.1, -0.05) is 18.2 Å². The maximum atomic E-state index is 12.8. The summed E-state index contributed by atoms with van der Waals surface area (Å²) in [5.74, 6) is 1.74. The van der Waals surface area contributed by atoms with E-state index in [0.29, 0.717) is 37.1 Å². The molecule has 1 atom stereocenters. The summed E-state index contributed by atoms with van der Waals surface area (Å²) < 4.78 is 27.1. The van der Waals surface area contributed by atoms with Crippen molar-refractivity contribution in [1.82, 2.24) is 14.5 Å². The van der Waals surface area contributed by atoms with E-state index in [1.165, 1.54) is 19.3 Å². The van der Waals surface area contributed by atoms with Gasteiger partial charge in [0.15, 0.2) is 11.6 Å². The average molecular weight is 402 g/mol. The van der Waals surface area contributed by atoms with Crippen LogP contribution < -0.4 is 9.80 Å². The number of anilines is 2. The monoisotopic (exact) mass is 401 g/mol. The van der Waals surface area contributed by atoms with E-state index in [1.54, 1.807) is 28.6 Å². The summed E-state index contributed by atoms with van der Waals surface area (Å²) in [6, 6.07) is 13.2. The zero-order valence-corrected chi connectivity index (χ0v) is 17.1. The molecule has 2 fully saturated rings. The van der Waals surface area contributed by atoms with Gasteiger partial charge in [-0.25, -0.2) is 8.42 Å². The fraction of sp³-hybridized carbons (Fsp3) is 0.500. The smallest absolute Gasteiger partial charge is 0.243 e. The van der Waals surface area contributed by atoms with Crippen LogP contribution in [0.3, 0.4) is 0 Å². The highest BCUT2D eigenvalue weighted by molar-refractivity contribution is 7.89. The van der Waals surface area contributed by atoms with Crippen LogP contribution in [0.4, 0.5) is 11.6 Å².